The van der Waals surface area contributed by atoms with Crippen molar-refractivity contribution in [2.75, 3.05) is 4.90 Å². The third-order valence-corrected chi connectivity index (χ3v) is 9.79. The first-order chi connectivity index (χ1) is 24.8. The lowest BCUT2D eigenvalue weighted by molar-refractivity contribution is 1.17. The van der Waals surface area contributed by atoms with Crippen LogP contribution in [-0.2, 0) is 0 Å². The lowest BCUT2D eigenvalue weighted by atomic mass is 9.99. The van der Waals surface area contributed by atoms with E-state index in [9.17, 15) is 0 Å². The van der Waals surface area contributed by atoms with E-state index < -0.39 is 0 Å². The maximum atomic E-state index is 5.28. The summed E-state index contributed by atoms with van der Waals surface area (Å²) in [7, 11) is 0. The van der Waals surface area contributed by atoms with Crippen molar-refractivity contribution in [3.63, 3.8) is 0 Å². The van der Waals surface area contributed by atoms with Crippen LogP contribution in [0.2, 0.25) is 0 Å². The van der Waals surface area contributed by atoms with Gasteiger partial charge >= 0.3 is 0 Å². The van der Waals surface area contributed by atoms with Crippen LogP contribution < -0.4 is 4.90 Å². The van der Waals surface area contributed by atoms with E-state index in [0.717, 1.165) is 55.8 Å². The number of fused-ring (bicyclic) bond motifs is 9. The van der Waals surface area contributed by atoms with E-state index in [0.29, 0.717) is 0 Å². The Balaban J connectivity index is 1.10. The first-order valence-electron chi connectivity index (χ1n) is 16.9. The van der Waals surface area contributed by atoms with Gasteiger partial charge in [-0.05, 0) is 71.4 Å². The molecule has 0 aliphatic carbocycles. The number of hydrogen-bond acceptors (Lipinski definition) is 3. The molecule has 2 aromatic heterocycles. The van der Waals surface area contributed by atoms with E-state index in [1.54, 1.807) is 0 Å². The molecule has 0 bridgehead atoms. The third kappa shape index (κ3) is 4.46. The minimum Gasteiger partial charge on any atom is -0.310 e. The standard InChI is InChI=1S/C46H30N4/c1-2-14-32(15-3-1)49(33-25-27-34(28-26-33)50-43-23-10-8-19-38(43)39-20-9-11-24-44(39)50)35-16-12-13-31(29-35)42-30-47-45-40-21-6-4-17-36(40)37-18-5-7-22-41(37)46(45)48-42/h1-30H. The van der Waals surface area contributed by atoms with E-state index in [4.69, 9.17) is 9.97 Å². The molecule has 4 nitrogen and oxygen atoms in total. The van der Waals surface area contributed by atoms with Crippen LogP contribution in [0.1, 0.15) is 0 Å². The van der Waals surface area contributed by atoms with Crippen LogP contribution in [0.25, 0.3) is 71.3 Å². The molecular formula is C46H30N4. The van der Waals surface area contributed by atoms with Gasteiger partial charge in [0.25, 0.3) is 0 Å². The zero-order chi connectivity index (χ0) is 33.0. The maximum Gasteiger partial charge on any atom is 0.0979 e. The van der Waals surface area contributed by atoms with Crippen molar-refractivity contribution in [1.29, 1.82) is 0 Å². The molecule has 50 heavy (non-hydrogen) atoms. The molecule has 10 rings (SSSR count). The second kappa shape index (κ2) is 11.4. The summed E-state index contributed by atoms with van der Waals surface area (Å²) in [4.78, 5) is 12.6. The quantitative estimate of drug-likeness (QED) is 0.176. The molecule has 0 unspecified atom stereocenters. The Morgan fingerprint density at radius 1 is 0.400 bits per heavy atom. The third-order valence-electron chi connectivity index (χ3n) is 9.79. The first kappa shape index (κ1) is 28.3. The molecule has 0 aliphatic heterocycles. The Morgan fingerprint density at radius 2 is 0.920 bits per heavy atom. The largest absolute Gasteiger partial charge is 0.310 e. The highest BCUT2D eigenvalue weighted by Crippen LogP contribution is 2.39. The molecule has 0 spiro atoms. The van der Waals surface area contributed by atoms with Crippen molar-refractivity contribution in [2.24, 2.45) is 0 Å². The summed E-state index contributed by atoms with van der Waals surface area (Å²) in [5, 5.41) is 7.13. The summed E-state index contributed by atoms with van der Waals surface area (Å²) in [5.41, 5.74) is 10.4. The Bertz CT molecular complexity index is 2780. The topological polar surface area (TPSA) is 34.0 Å². The predicted molar refractivity (Wildman–Crippen MR) is 209 cm³/mol. The molecule has 0 saturated heterocycles. The van der Waals surface area contributed by atoms with Crippen molar-refractivity contribution >= 4 is 71.4 Å². The number of aromatic nitrogens is 3. The van der Waals surface area contributed by atoms with Gasteiger partial charge in [0.2, 0.25) is 0 Å². The van der Waals surface area contributed by atoms with Crippen LogP contribution in [0.4, 0.5) is 17.1 Å². The highest BCUT2D eigenvalue weighted by atomic mass is 15.1. The number of nitrogens with zero attached hydrogens (tertiary/aromatic N) is 4. The van der Waals surface area contributed by atoms with E-state index in [-0.39, 0.29) is 0 Å². The molecule has 2 heterocycles. The molecule has 0 radical (unpaired) electrons. The summed E-state index contributed by atoms with van der Waals surface area (Å²) in [6, 6.07) is 62.2. The number of para-hydroxylation sites is 3. The molecule has 234 valence electrons. The molecule has 10 aromatic rings. The van der Waals surface area contributed by atoms with Gasteiger partial charge in [-0.2, -0.15) is 0 Å². The molecule has 4 heteroatoms. The van der Waals surface area contributed by atoms with Crippen LogP contribution in [0.3, 0.4) is 0 Å². The van der Waals surface area contributed by atoms with E-state index in [1.807, 2.05) is 6.20 Å². The first-order valence-corrected chi connectivity index (χ1v) is 16.9. The molecule has 8 aromatic carbocycles. The number of rotatable bonds is 5. The van der Waals surface area contributed by atoms with E-state index in [2.05, 4.69) is 185 Å². The normalized spacial score (nSPS) is 11.6. The fraction of sp³-hybridized carbons (Fsp3) is 0. The highest BCUT2D eigenvalue weighted by molar-refractivity contribution is 6.23. The molecule has 0 fully saturated rings. The minimum atomic E-state index is 0.842. The van der Waals surface area contributed by atoms with Crippen LogP contribution in [-0.4, -0.2) is 14.5 Å². The molecule has 0 amide bonds. The van der Waals surface area contributed by atoms with Crippen LogP contribution >= 0.6 is 0 Å². The van der Waals surface area contributed by atoms with Crippen molar-refractivity contribution in [1.82, 2.24) is 14.5 Å². The SMILES string of the molecule is c1ccc(N(c2ccc(-n3c4ccccc4c4ccccc43)cc2)c2cccc(-c3cnc4c5ccccc5c5ccccc5c4n3)c2)cc1. The number of anilines is 3. The summed E-state index contributed by atoms with van der Waals surface area (Å²) in [6.45, 7) is 0. The fourth-order valence-corrected chi connectivity index (χ4v) is 7.54. The van der Waals surface area contributed by atoms with Gasteiger partial charge in [0.05, 0.1) is 34.0 Å². The van der Waals surface area contributed by atoms with Gasteiger partial charge in [-0.15, -0.1) is 0 Å². The monoisotopic (exact) mass is 638 g/mol. The predicted octanol–water partition coefficient (Wildman–Crippen LogP) is 12.2. The Hall–Kier alpha value is -6.78. The van der Waals surface area contributed by atoms with Gasteiger partial charge in [0.15, 0.2) is 0 Å². The van der Waals surface area contributed by atoms with Crippen LogP contribution in [0.5, 0.6) is 0 Å². The van der Waals surface area contributed by atoms with Crippen molar-refractivity contribution in [3.05, 3.63) is 182 Å². The lowest BCUT2D eigenvalue weighted by Gasteiger charge is -2.26. The zero-order valence-corrected chi connectivity index (χ0v) is 27.1. The Kier molecular flexibility index (Phi) is 6.46. The summed E-state index contributed by atoms with van der Waals surface area (Å²) < 4.78 is 2.35. The van der Waals surface area contributed by atoms with Gasteiger partial charge in [0.1, 0.15) is 0 Å². The fourth-order valence-electron chi connectivity index (χ4n) is 7.54. The number of hydrogen-bond donors (Lipinski definition) is 0. The number of benzene rings is 8. The summed E-state index contributed by atoms with van der Waals surface area (Å²) in [5.74, 6) is 0. The molecule has 0 saturated carbocycles. The van der Waals surface area contributed by atoms with Crippen molar-refractivity contribution in [3.8, 4) is 16.9 Å². The van der Waals surface area contributed by atoms with Crippen LogP contribution in [0, 0.1) is 0 Å². The average molecular weight is 639 g/mol. The highest BCUT2D eigenvalue weighted by Gasteiger charge is 2.17. The molecular weight excluding hydrogens is 609 g/mol. The van der Waals surface area contributed by atoms with Gasteiger partial charge in [0, 0.05) is 49.9 Å². The Labute approximate surface area is 289 Å². The zero-order valence-electron chi connectivity index (χ0n) is 27.1. The molecule has 0 N–H and O–H groups in total. The van der Waals surface area contributed by atoms with Gasteiger partial charge in [-0.1, -0.05) is 115 Å². The Morgan fingerprint density at radius 3 is 1.58 bits per heavy atom. The van der Waals surface area contributed by atoms with Gasteiger partial charge in [-0.25, -0.2) is 4.98 Å². The maximum absolute atomic E-state index is 5.28. The molecule has 0 atom stereocenters. The van der Waals surface area contributed by atoms with E-state index in [1.165, 1.54) is 32.6 Å². The van der Waals surface area contributed by atoms with E-state index >= 15 is 0 Å². The second-order valence-electron chi connectivity index (χ2n) is 12.7. The summed E-state index contributed by atoms with van der Waals surface area (Å²) in [6.07, 6.45) is 1.91. The van der Waals surface area contributed by atoms with Crippen molar-refractivity contribution < 1.29 is 0 Å². The average Bonchev–Trinajstić information content (AvgIpc) is 3.53. The summed E-state index contributed by atoms with van der Waals surface area (Å²) >= 11 is 0. The van der Waals surface area contributed by atoms with Gasteiger partial charge < -0.3 is 9.47 Å². The minimum absolute atomic E-state index is 0.842. The molecule has 0 aliphatic rings. The second-order valence-corrected chi connectivity index (χ2v) is 12.7. The van der Waals surface area contributed by atoms with Crippen molar-refractivity contribution in [2.45, 2.75) is 0 Å². The lowest BCUT2D eigenvalue weighted by Crippen LogP contribution is -2.10. The van der Waals surface area contributed by atoms with Crippen LogP contribution in [0.15, 0.2) is 182 Å². The van der Waals surface area contributed by atoms with Gasteiger partial charge in [-0.3, -0.25) is 4.98 Å². The smallest absolute Gasteiger partial charge is 0.0979 e.